The van der Waals surface area contributed by atoms with Crippen LogP contribution in [0.2, 0.25) is 0 Å². The minimum atomic E-state index is -3.31. The van der Waals surface area contributed by atoms with Crippen molar-refractivity contribution in [1.82, 2.24) is 15.1 Å². The summed E-state index contributed by atoms with van der Waals surface area (Å²) in [4.78, 5) is 9.61. The molecular weight excluding hydrogens is 511 g/mol. The Kier molecular flexibility index (Phi) is 10.1. The fourth-order valence-electron chi connectivity index (χ4n) is 3.40. The highest BCUT2D eigenvalue weighted by Gasteiger charge is 2.20. The minimum Gasteiger partial charge on any atom is -0.357 e. The minimum absolute atomic E-state index is 0. The highest BCUT2D eigenvalue weighted by atomic mass is 127. The highest BCUT2D eigenvalue weighted by molar-refractivity contribution is 14.0. The highest BCUT2D eigenvalue weighted by Crippen LogP contribution is 2.11. The van der Waals surface area contributed by atoms with Gasteiger partial charge in [0, 0.05) is 39.3 Å². The van der Waals surface area contributed by atoms with Gasteiger partial charge in [-0.15, -0.1) is 24.0 Å². The molecule has 0 unspecified atom stereocenters. The number of sulfone groups is 1. The van der Waals surface area contributed by atoms with Crippen molar-refractivity contribution in [3.63, 3.8) is 0 Å². The van der Waals surface area contributed by atoms with Crippen LogP contribution in [-0.2, 0) is 16.4 Å². The van der Waals surface area contributed by atoms with Gasteiger partial charge < -0.3 is 10.2 Å². The summed E-state index contributed by atoms with van der Waals surface area (Å²) in [6, 6.07) is 19.1. The molecule has 3 rings (SSSR count). The topological polar surface area (TPSA) is 65.0 Å². The number of halogens is 1. The van der Waals surface area contributed by atoms with Crippen LogP contribution in [0.25, 0.3) is 0 Å². The zero-order valence-electron chi connectivity index (χ0n) is 17.4. The van der Waals surface area contributed by atoms with Crippen LogP contribution in [0.5, 0.6) is 0 Å². The van der Waals surface area contributed by atoms with E-state index >= 15 is 0 Å². The summed E-state index contributed by atoms with van der Waals surface area (Å²) in [5.74, 6) is 0.815. The van der Waals surface area contributed by atoms with Crippen molar-refractivity contribution in [3.8, 4) is 0 Å². The first-order chi connectivity index (χ1) is 14.1. The molecule has 6 nitrogen and oxygen atoms in total. The number of nitrogens with zero attached hydrogens (tertiary/aromatic N) is 3. The summed E-state index contributed by atoms with van der Waals surface area (Å²) in [6.07, 6.45) is 0. The third kappa shape index (κ3) is 7.24. The summed E-state index contributed by atoms with van der Waals surface area (Å²) < 4.78 is 24.9. The second-order valence-electron chi connectivity index (χ2n) is 7.12. The molecule has 1 N–H and O–H groups in total. The first-order valence-electron chi connectivity index (χ1n) is 10.2. The van der Waals surface area contributed by atoms with E-state index in [1.807, 2.05) is 19.1 Å². The molecule has 0 saturated carbocycles. The number of guanidine groups is 1. The van der Waals surface area contributed by atoms with E-state index in [1.54, 1.807) is 24.3 Å². The van der Waals surface area contributed by atoms with Gasteiger partial charge in [0.1, 0.15) is 0 Å². The van der Waals surface area contributed by atoms with Crippen molar-refractivity contribution in [3.05, 3.63) is 66.2 Å². The van der Waals surface area contributed by atoms with E-state index < -0.39 is 9.84 Å². The fourth-order valence-corrected chi connectivity index (χ4v) is 4.54. The molecule has 1 saturated heterocycles. The van der Waals surface area contributed by atoms with Crippen molar-refractivity contribution in [2.24, 2.45) is 4.99 Å². The van der Waals surface area contributed by atoms with Crippen LogP contribution in [0.15, 0.2) is 70.6 Å². The molecule has 164 valence electrons. The van der Waals surface area contributed by atoms with Gasteiger partial charge in [0.05, 0.1) is 17.2 Å². The van der Waals surface area contributed by atoms with E-state index in [2.05, 4.69) is 44.4 Å². The average Bonchev–Trinajstić information content (AvgIpc) is 2.75. The van der Waals surface area contributed by atoms with Crippen LogP contribution in [-0.4, -0.2) is 69.2 Å². The van der Waals surface area contributed by atoms with Gasteiger partial charge in [-0.25, -0.2) is 8.42 Å². The molecular formula is C22H31IN4O2S. The van der Waals surface area contributed by atoms with Crippen molar-refractivity contribution >= 4 is 39.8 Å². The standard InChI is InChI=1S/C22H30N4O2S.HI/c1-2-23-22(24-13-18-29(27,28)21-11-7-4-8-12-21)26-16-14-25(15-17-26)19-20-9-5-3-6-10-20;/h3-12H,2,13-19H2,1H3,(H,23,24);1H. The smallest absolute Gasteiger partial charge is 0.194 e. The second-order valence-corrected chi connectivity index (χ2v) is 9.23. The van der Waals surface area contributed by atoms with E-state index in [0.29, 0.717) is 4.90 Å². The van der Waals surface area contributed by atoms with Crippen molar-refractivity contribution in [2.75, 3.05) is 45.0 Å². The summed E-state index contributed by atoms with van der Waals surface area (Å²) in [6.45, 7) is 7.68. The normalized spacial score (nSPS) is 15.5. The van der Waals surface area contributed by atoms with Gasteiger partial charge in [-0.1, -0.05) is 48.5 Å². The largest absolute Gasteiger partial charge is 0.357 e. The van der Waals surface area contributed by atoms with Gasteiger partial charge in [-0.05, 0) is 24.6 Å². The summed E-state index contributed by atoms with van der Waals surface area (Å²) in [7, 11) is -3.31. The zero-order chi connectivity index (χ0) is 20.5. The van der Waals surface area contributed by atoms with Crippen LogP contribution in [0, 0.1) is 0 Å². The lowest BCUT2D eigenvalue weighted by atomic mass is 10.2. The van der Waals surface area contributed by atoms with Gasteiger partial charge in [0.25, 0.3) is 0 Å². The molecule has 8 heteroatoms. The van der Waals surface area contributed by atoms with Crippen molar-refractivity contribution in [2.45, 2.75) is 18.4 Å². The van der Waals surface area contributed by atoms with Crippen LogP contribution < -0.4 is 5.32 Å². The number of benzene rings is 2. The predicted octanol–water partition coefficient (Wildman–Crippen LogP) is 2.86. The number of hydrogen-bond acceptors (Lipinski definition) is 4. The second kappa shape index (κ2) is 12.3. The molecule has 2 aromatic rings. The molecule has 0 bridgehead atoms. The van der Waals surface area contributed by atoms with Crippen molar-refractivity contribution in [1.29, 1.82) is 0 Å². The Hall–Kier alpha value is -1.65. The summed E-state index contributed by atoms with van der Waals surface area (Å²) in [5.41, 5.74) is 1.33. The average molecular weight is 542 g/mol. The van der Waals surface area contributed by atoms with E-state index in [9.17, 15) is 8.42 Å². The molecule has 0 radical (unpaired) electrons. The molecule has 1 aliphatic heterocycles. The van der Waals surface area contributed by atoms with Crippen LogP contribution >= 0.6 is 24.0 Å². The number of hydrogen-bond donors (Lipinski definition) is 1. The van der Waals surface area contributed by atoms with Gasteiger partial charge in [0.2, 0.25) is 0 Å². The molecule has 0 atom stereocenters. The van der Waals surface area contributed by atoms with Crippen molar-refractivity contribution < 1.29 is 8.42 Å². The summed E-state index contributed by atoms with van der Waals surface area (Å²) >= 11 is 0. The van der Waals surface area contributed by atoms with Gasteiger partial charge in [-0.2, -0.15) is 0 Å². The lowest BCUT2D eigenvalue weighted by molar-refractivity contribution is 0.172. The molecule has 0 amide bonds. The Labute approximate surface area is 197 Å². The monoisotopic (exact) mass is 542 g/mol. The number of aliphatic imine (C=N–C) groups is 1. The van der Waals surface area contributed by atoms with E-state index in [1.165, 1.54) is 5.56 Å². The van der Waals surface area contributed by atoms with Gasteiger partial charge in [0.15, 0.2) is 15.8 Å². The number of nitrogens with one attached hydrogen (secondary N) is 1. The van der Waals surface area contributed by atoms with E-state index in [0.717, 1.165) is 45.2 Å². The van der Waals surface area contributed by atoms with Gasteiger partial charge in [-0.3, -0.25) is 9.89 Å². The molecule has 2 aromatic carbocycles. The van der Waals surface area contributed by atoms with E-state index in [4.69, 9.17) is 0 Å². The van der Waals surface area contributed by atoms with E-state index in [-0.39, 0.29) is 36.3 Å². The first-order valence-corrected chi connectivity index (χ1v) is 11.8. The number of piperazine rings is 1. The Morgan fingerprint density at radius 3 is 2.17 bits per heavy atom. The Balaban J connectivity index is 0.00000320. The Morgan fingerprint density at radius 1 is 0.967 bits per heavy atom. The molecule has 30 heavy (non-hydrogen) atoms. The van der Waals surface area contributed by atoms with Crippen LogP contribution in [0.4, 0.5) is 0 Å². The lowest BCUT2D eigenvalue weighted by Gasteiger charge is -2.36. The fraction of sp³-hybridized carbons (Fsp3) is 0.409. The Morgan fingerprint density at radius 2 is 1.57 bits per heavy atom. The Bertz CT molecular complexity index is 884. The van der Waals surface area contributed by atoms with Gasteiger partial charge >= 0.3 is 0 Å². The zero-order valence-corrected chi connectivity index (χ0v) is 20.6. The molecule has 0 aliphatic carbocycles. The summed E-state index contributed by atoms with van der Waals surface area (Å²) in [5, 5.41) is 3.31. The molecule has 1 aliphatic rings. The SMILES string of the molecule is CCNC(=NCCS(=O)(=O)c1ccccc1)N1CCN(Cc2ccccc2)CC1.I. The number of rotatable bonds is 7. The predicted molar refractivity (Wildman–Crippen MR) is 133 cm³/mol. The van der Waals surface area contributed by atoms with Crippen LogP contribution in [0.1, 0.15) is 12.5 Å². The molecule has 1 heterocycles. The molecule has 0 spiro atoms. The van der Waals surface area contributed by atoms with Crippen LogP contribution in [0.3, 0.4) is 0 Å². The maximum atomic E-state index is 12.5. The quantitative estimate of drug-likeness (QED) is 0.331. The maximum absolute atomic E-state index is 12.5. The maximum Gasteiger partial charge on any atom is 0.194 e. The lowest BCUT2D eigenvalue weighted by Crippen LogP contribution is -2.52. The third-order valence-corrected chi connectivity index (χ3v) is 6.69. The first kappa shape index (κ1) is 24.6. The molecule has 1 fully saturated rings. The molecule has 0 aromatic heterocycles. The third-order valence-electron chi connectivity index (χ3n) is 4.98.